The minimum absolute atomic E-state index is 0.0830. The van der Waals surface area contributed by atoms with Crippen LogP contribution in [0.1, 0.15) is 11.5 Å². The van der Waals surface area contributed by atoms with E-state index in [1.54, 1.807) is 25.1 Å². The highest BCUT2D eigenvalue weighted by atomic mass is 16.6. The molecule has 8 nitrogen and oxygen atoms in total. The lowest BCUT2D eigenvalue weighted by Gasteiger charge is -2.05. The van der Waals surface area contributed by atoms with Gasteiger partial charge in [-0.2, -0.15) is 0 Å². The second kappa shape index (κ2) is 5.23. The van der Waals surface area contributed by atoms with E-state index in [4.69, 9.17) is 13.9 Å². The lowest BCUT2D eigenvalue weighted by molar-refractivity contribution is -0.115. The summed E-state index contributed by atoms with van der Waals surface area (Å²) in [6.07, 6.45) is 0.0830. The zero-order chi connectivity index (χ0) is 14.8. The Bertz CT molecular complexity index is 792. The van der Waals surface area contributed by atoms with Gasteiger partial charge in [-0.25, -0.2) is 4.63 Å². The molecule has 3 aromatic rings. The molecule has 2 aromatic heterocycles. The lowest BCUT2D eigenvalue weighted by Crippen LogP contribution is -2.14. The van der Waals surface area contributed by atoms with Crippen molar-refractivity contribution in [2.75, 3.05) is 12.4 Å². The van der Waals surface area contributed by atoms with Crippen molar-refractivity contribution in [3.8, 4) is 5.75 Å². The molecule has 0 radical (unpaired) electrons. The average Bonchev–Trinajstić information content (AvgIpc) is 3.08. The van der Waals surface area contributed by atoms with Crippen LogP contribution in [-0.2, 0) is 11.2 Å². The number of nitrogens with zero attached hydrogens (tertiary/aromatic N) is 3. The number of carbonyl (C=O) groups is 1. The molecule has 0 bridgehead atoms. The quantitative estimate of drug-likeness (QED) is 0.779. The molecule has 0 aliphatic rings. The van der Waals surface area contributed by atoms with E-state index >= 15 is 0 Å². The van der Waals surface area contributed by atoms with Crippen molar-refractivity contribution in [3.05, 3.63) is 29.7 Å². The fraction of sp³-hybridized carbons (Fsp3) is 0.231. The number of rotatable bonds is 4. The largest absolute Gasteiger partial charge is 0.494 e. The lowest BCUT2D eigenvalue weighted by atomic mass is 10.2. The number of fused-ring (bicyclic) bond motifs is 1. The summed E-state index contributed by atoms with van der Waals surface area (Å²) in [6, 6.07) is 5.07. The maximum absolute atomic E-state index is 12.0. The number of amides is 1. The molecule has 0 spiro atoms. The molecular formula is C13H12N4O4. The van der Waals surface area contributed by atoms with Crippen molar-refractivity contribution in [1.29, 1.82) is 0 Å². The first-order valence-corrected chi connectivity index (χ1v) is 6.18. The Hall–Kier alpha value is -2.90. The van der Waals surface area contributed by atoms with Gasteiger partial charge >= 0.3 is 0 Å². The summed E-state index contributed by atoms with van der Waals surface area (Å²) >= 11 is 0. The third-order valence-corrected chi connectivity index (χ3v) is 2.88. The second-order valence-electron chi connectivity index (χ2n) is 4.44. The molecule has 1 amide bonds. The summed E-state index contributed by atoms with van der Waals surface area (Å²) in [6.45, 7) is 1.79. The van der Waals surface area contributed by atoms with E-state index in [9.17, 15) is 4.79 Å². The van der Waals surface area contributed by atoms with Crippen LogP contribution in [0.5, 0.6) is 5.75 Å². The number of aryl methyl sites for hydroxylation is 1. The van der Waals surface area contributed by atoms with Crippen LogP contribution in [0, 0.1) is 6.92 Å². The Labute approximate surface area is 119 Å². The Morgan fingerprint density at radius 2 is 2.10 bits per heavy atom. The van der Waals surface area contributed by atoms with Gasteiger partial charge in [0.15, 0.2) is 16.8 Å². The fourth-order valence-electron chi connectivity index (χ4n) is 1.96. The summed E-state index contributed by atoms with van der Waals surface area (Å²) in [4.78, 5) is 12.0. The SMILES string of the molecule is COc1ccc(NC(=O)Cc2cc(C)no2)c2nonc12. The molecule has 0 atom stereocenters. The van der Waals surface area contributed by atoms with E-state index in [0.29, 0.717) is 28.2 Å². The van der Waals surface area contributed by atoms with E-state index in [1.807, 2.05) is 0 Å². The van der Waals surface area contributed by atoms with Gasteiger partial charge in [-0.1, -0.05) is 5.16 Å². The first kappa shape index (κ1) is 13.1. The van der Waals surface area contributed by atoms with E-state index in [2.05, 4.69) is 20.8 Å². The molecule has 0 aliphatic heterocycles. The van der Waals surface area contributed by atoms with Crippen LogP contribution in [-0.4, -0.2) is 28.5 Å². The van der Waals surface area contributed by atoms with Crippen LogP contribution in [0.15, 0.2) is 27.4 Å². The minimum atomic E-state index is -0.249. The van der Waals surface area contributed by atoms with E-state index < -0.39 is 0 Å². The van der Waals surface area contributed by atoms with Crippen molar-refractivity contribution in [2.45, 2.75) is 13.3 Å². The van der Waals surface area contributed by atoms with E-state index in [1.165, 1.54) is 7.11 Å². The number of hydrogen-bond donors (Lipinski definition) is 1. The fourth-order valence-corrected chi connectivity index (χ4v) is 1.96. The molecule has 0 fully saturated rings. The first-order chi connectivity index (χ1) is 10.2. The third-order valence-electron chi connectivity index (χ3n) is 2.88. The van der Waals surface area contributed by atoms with Gasteiger partial charge in [-0.05, 0) is 29.4 Å². The van der Waals surface area contributed by atoms with Crippen molar-refractivity contribution in [2.24, 2.45) is 0 Å². The zero-order valence-electron chi connectivity index (χ0n) is 11.4. The van der Waals surface area contributed by atoms with Crippen LogP contribution < -0.4 is 10.1 Å². The summed E-state index contributed by atoms with van der Waals surface area (Å²) in [5.41, 5.74) is 2.10. The van der Waals surface area contributed by atoms with Gasteiger partial charge in [-0.3, -0.25) is 4.79 Å². The molecule has 21 heavy (non-hydrogen) atoms. The highest BCUT2D eigenvalue weighted by Crippen LogP contribution is 2.28. The van der Waals surface area contributed by atoms with Gasteiger partial charge in [0.25, 0.3) is 0 Å². The normalized spacial score (nSPS) is 10.8. The number of nitrogens with one attached hydrogen (secondary N) is 1. The van der Waals surface area contributed by atoms with Gasteiger partial charge in [-0.15, -0.1) is 0 Å². The number of methoxy groups -OCH3 is 1. The first-order valence-electron chi connectivity index (χ1n) is 6.18. The van der Waals surface area contributed by atoms with E-state index in [0.717, 1.165) is 5.69 Å². The summed E-state index contributed by atoms with van der Waals surface area (Å²) in [5.74, 6) is 0.767. The number of aromatic nitrogens is 3. The van der Waals surface area contributed by atoms with Crippen LogP contribution in [0.3, 0.4) is 0 Å². The molecule has 1 N–H and O–H groups in total. The molecule has 1 aromatic carbocycles. The third kappa shape index (κ3) is 2.55. The van der Waals surface area contributed by atoms with Gasteiger partial charge in [0.05, 0.1) is 24.9 Å². The monoisotopic (exact) mass is 288 g/mol. The number of anilines is 1. The molecule has 0 saturated carbocycles. The van der Waals surface area contributed by atoms with Crippen LogP contribution >= 0.6 is 0 Å². The van der Waals surface area contributed by atoms with Crippen molar-refractivity contribution in [1.82, 2.24) is 15.5 Å². The van der Waals surface area contributed by atoms with Crippen LogP contribution in [0.25, 0.3) is 11.0 Å². The van der Waals surface area contributed by atoms with Crippen LogP contribution in [0.2, 0.25) is 0 Å². The van der Waals surface area contributed by atoms with Crippen molar-refractivity contribution in [3.63, 3.8) is 0 Å². The number of hydrogen-bond acceptors (Lipinski definition) is 7. The Morgan fingerprint density at radius 1 is 1.29 bits per heavy atom. The Balaban J connectivity index is 1.81. The maximum Gasteiger partial charge on any atom is 0.232 e. The standard InChI is InChI=1S/C13H12N4O4/c1-7-5-8(20-15-7)6-11(18)14-9-3-4-10(19-2)13-12(9)16-21-17-13/h3-5H,6H2,1-2H3,(H,14,18). The predicted molar refractivity (Wildman–Crippen MR) is 71.9 cm³/mol. The average molecular weight is 288 g/mol. The molecule has 0 unspecified atom stereocenters. The minimum Gasteiger partial charge on any atom is -0.494 e. The van der Waals surface area contributed by atoms with Crippen LogP contribution in [0.4, 0.5) is 5.69 Å². The number of ether oxygens (including phenoxy) is 1. The predicted octanol–water partition coefficient (Wildman–Crippen LogP) is 1.71. The number of benzene rings is 1. The molecule has 0 aliphatic carbocycles. The number of carbonyl (C=O) groups excluding carboxylic acids is 1. The molecule has 8 heteroatoms. The molecule has 0 saturated heterocycles. The molecule has 2 heterocycles. The van der Waals surface area contributed by atoms with Gasteiger partial charge in [0.1, 0.15) is 5.76 Å². The second-order valence-corrected chi connectivity index (χ2v) is 4.44. The smallest absolute Gasteiger partial charge is 0.232 e. The van der Waals surface area contributed by atoms with E-state index in [-0.39, 0.29) is 12.3 Å². The highest BCUT2D eigenvalue weighted by Gasteiger charge is 2.15. The summed E-state index contributed by atoms with van der Waals surface area (Å²) < 4.78 is 14.8. The Kier molecular flexibility index (Phi) is 3.27. The summed E-state index contributed by atoms with van der Waals surface area (Å²) in [5, 5.41) is 14.0. The van der Waals surface area contributed by atoms with Gasteiger partial charge in [0.2, 0.25) is 5.91 Å². The Morgan fingerprint density at radius 3 is 2.81 bits per heavy atom. The maximum atomic E-state index is 12.0. The summed E-state index contributed by atoms with van der Waals surface area (Å²) in [7, 11) is 1.52. The molecule has 108 valence electrons. The molecule has 3 rings (SSSR count). The van der Waals surface area contributed by atoms with Gasteiger partial charge < -0.3 is 14.6 Å². The zero-order valence-corrected chi connectivity index (χ0v) is 11.4. The van der Waals surface area contributed by atoms with Crippen molar-refractivity contribution >= 4 is 22.6 Å². The van der Waals surface area contributed by atoms with Crippen molar-refractivity contribution < 1.29 is 18.7 Å². The molecular weight excluding hydrogens is 276 g/mol. The highest BCUT2D eigenvalue weighted by molar-refractivity contribution is 6.01. The van der Waals surface area contributed by atoms with Gasteiger partial charge in [0, 0.05) is 6.07 Å². The topological polar surface area (TPSA) is 103 Å².